The molecule has 1 saturated heterocycles. The molecule has 0 saturated carbocycles. The van der Waals surface area contributed by atoms with Gasteiger partial charge < -0.3 is 4.90 Å². The number of nitrogens with zero attached hydrogens (tertiary/aromatic N) is 4. The Balaban J connectivity index is 1.23. The van der Waals surface area contributed by atoms with Gasteiger partial charge in [-0.2, -0.15) is 10.1 Å². The summed E-state index contributed by atoms with van der Waals surface area (Å²) < 4.78 is 0. The van der Waals surface area contributed by atoms with Gasteiger partial charge in [-0.25, -0.2) is 0 Å². The van der Waals surface area contributed by atoms with Gasteiger partial charge in [-0.05, 0) is 23.4 Å². The lowest BCUT2D eigenvalue weighted by molar-refractivity contribution is -0.113. The lowest BCUT2D eigenvalue weighted by Crippen LogP contribution is -2.47. The summed E-state index contributed by atoms with van der Waals surface area (Å²) >= 11 is 1.46. The summed E-state index contributed by atoms with van der Waals surface area (Å²) in [7, 11) is 0. The van der Waals surface area contributed by atoms with E-state index in [1.165, 1.54) is 17.3 Å². The van der Waals surface area contributed by atoms with Crippen molar-refractivity contribution in [1.29, 1.82) is 0 Å². The molecule has 2 aliphatic rings. The SMILES string of the molecule is O=C1N=C(N2CCN(Cc3ccccc3)CC2)SC1=Cc1cn[nH]c1-c1ccccc1. The van der Waals surface area contributed by atoms with Crippen molar-refractivity contribution < 1.29 is 4.79 Å². The number of rotatable bonds is 4. The van der Waals surface area contributed by atoms with Crippen LogP contribution in [0.5, 0.6) is 0 Å². The van der Waals surface area contributed by atoms with Crippen LogP contribution in [0.1, 0.15) is 11.1 Å². The first-order valence-electron chi connectivity index (χ1n) is 10.4. The molecule has 0 atom stereocenters. The Kier molecular flexibility index (Phi) is 5.69. The van der Waals surface area contributed by atoms with Gasteiger partial charge in [-0.1, -0.05) is 60.7 Å². The van der Waals surface area contributed by atoms with Crippen LogP contribution >= 0.6 is 11.8 Å². The van der Waals surface area contributed by atoms with Crippen molar-refractivity contribution in [3.8, 4) is 11.3 Å². The number of amidine groups is 1. The topological polar surface area (TPSA) is 64.6 Å². The summed E-state index contributed by atoms with van der Waals surface area (Å²) in [6.07, 6.45) is 3.64. The number of hydrogen-bond donors (Lipinski definition) is 1. The number of piperazine rings is 1. The molecule has 0 bridgehead atoms. The van der Waals surface area contributed by atoms with Crippen molar-refractivity contribution in [2.24, 2.45) is 4.99 Å². The maximum Gasteiger partial charge on any atom is 0.286 e. The molecule has 6 nitrogen and oxygen atoms in total. The number of nitrogens with one attached hydrogen (secondary N) is 1. The monoisotopic (exact) mass is 429 g/mol. The number of benzene rings is 2. The Morgan fingerprint density at radius 1 is 0.968 bits per heavy atom. The first-order valence-corrected chi connectivity index (χ1v) is 11.2. The third-order valence-corrected chi connectivity index (χ3v) is 6.56. The molecule has 0 unspecified atom stereocenters. The molecule has 1 fully saturated rings. The number of aromatic amines is 1. The number of aromatic nitrogens is 2. The summed E-state index contributed by atoms with van der Waals surface area (Å²) in [6, 6.07) is 20.5. The molecule has 0 spiro atoms. The van der Waals surface area contributed by atoms with Crippen molar-refractivity contribution in [2.75, 3.05) is 26.2 Å². The minimum Gasteiger partial charge on any atom is -0.348 e. The first-order chi connectivity index (χ1) is 15.3. The van der Waals surface area contributed by atoms with Crippen molar-refractivity contribution in [3.05, 3.63) is 82.9 Å². The molecule has 1 amide bonds. The van der Waals surface area contributed by atoms with E-state index in [0.717, 1.165) is 54.7 Å². The highest BCUT2D eigenvalue weighted by Crippen LogP contribution is 2.32. The van der Waals surface area contributed by atoms with Gasteiger partial charge in [0.2, 0.25) is 0 Å². The van der Waals surface area contributed by atoms with Crippen LogP contribution in [0.15, 0.2) is 76.8 Å². The molecule has 0 radical (unpaired) electrons. The molecule has 7 heteroatoms. The molecular formula is C24H23N5OS. The maximum absolute atomic E-state index is 12.6. The number of hydrogen-bond acceptors (Lipinski definition) is 5. The highest BCUT2D eigenvalue weighted by atomic mass is 32.2. The lowest BCUT2D eigenvalue weighted by atomic mass is 10.1. The van der Waals surface area contributed by atoms with E-state index < -0.39 is 0 Å². The smallest absolute Gasteiger partial charge is 0.286 e. The van der Waals surface area contributed by atoms with E-state index in [1.807, 2.05) is 42.5 Å². The van der Waals surface area contributed by atoms with Crippen LogP contribution in [-0.4, -0.2) is 57.3 Å². The Morgan fingerprint density at radius 3 is 2.42 bits per heavy atom. The highest BCUT2D eigenvalue weighted by Gasteiger charge is 2.28. The van der Waals surface area contributed by atoms with E-state index in [0.29, 0.717) is 4.91 Å². The second-order valence-electron chi connectivity index (χ2n) is 7.63. The summed E-state index contributed by atoms with van der Waals surface area (Å²) in [4.78, 5) is 22.2. The van der Waals surface area contributed by atoms with Crippen molar-refractivity contribution in [1.82, 2.24) is 20.0 Å². The zero-order valence-corrected chi connectivity index (χ0v) is 17.9. The predicted molar refractivity (Wildman–Crippen MR) is 125 cm³/mol. The van der Waals surface area contributed by atoms with Gasteiger partial charge in [0, 0.05) is 43.9 Å². The minimum atomic E-state index is -0.174. The Bertz CT molecular complexity index is 1120. The van der Waals surface area contributed by atoms with Gasteiger partial charge in [0.05, 0.1) is 16.8 Å². The number of H-pyrrole nitrogens is 1. The van der Waals surface area contributed by atoms with Gasteiger partial charge in [0.1, 0.15) is 0 Å². The van der Waals surface area contributed by atoms with Crippen molar-refractivity contribution in [2.45, 2.75) is 6.54 Å². The molecule has 3 aromatic rings. The van der Waals surface area contributed by atoms with Crippen molar-refractivity contribution >= 4 is 28.9 Å². The molecule has 2 aliphatic heterocycles. The average molecular weight is 430 g/mol. The fraction of sp³-hybridized carbons (Fsp3) is 0.208. The second kappa shape index (κ2) is 8.91. The van der Waals surface area contributed by atoms with E-state index in [4.69, 9.17) is 0 Å². The number of carbonyl (C=O) groups is 1. The van der Waals surface area contributed by atoms with Gasteiger partial charge in [0.15, 0.2) is 5.17 Å². The third-order valence-electron chi connectivity index (χ3n) is 5.52. The number of thioether (sulfide) groups is 1. The Hall–Kier alpha value is -3.16. The second-order valence-corrected chi connectivity index (χ2v) is 8.63. The summed E-state index contributed by atoms with van der Waals surface area (Å²) in [5.74, 6) is -0.174. The van der Waals surface area contributed by atoms with E-state index in [-0.39, 0.29) is 5.91 Å². The Labute approximate surface area is 185 Å². The summed E-state index contributed by atoms with van der Waals surface area (Å²) in [6.45, 7) is 4.63. The van der Waals surface area contributed by atoms with Gasteiger partial charge in [-0.3, -0.25) is 14.8 Å². The first kappa shape index (κ1) is 19.8. The van der Waals surface area contributed by atoms with Gasteiger partial charge in [0.25, 0.3) is 5.91 Å². The number of aliphatic imine (C=N–C) groups is 1. The minimum absolute atomic E-state index is 0.174. The molecule has 2 aromatic carbocycles. The largest absolute Gasteiger partial charge is 0.348 e. The van der Waals surface area contributed by atoms with E-state index >= 15 is 0 Å². The molecule has 156 valence electrons. The van der Waals surface area contributed by atoms with Crippen molar-refractivity contribution in [3.63, 3.8) is 0 Å². The number of carbonyl (C=O) groups excluding carboxylic acids is 1. The summed E-state index contributed by atoms with van der Waals surface area (Å²) in [5.41, 5.74) is 4.17. The van der Waals surface area contributed by atoms with Gasteiger partial charge >= 0.3 is 0 Å². The van der Waals surface area contributed by atoms with Crippen LogP contribution < -0.4 is 0 Å². The van der Waals surface area contributed by atoms with Gasteiger partial charge in [-0.15, -0.1) is 0 Å². The standard InChI is InChI=1S/C24H23N5OS/c30-23-21(15-20-16-25-27-22(20)19-9-5-2-6-10-19)31-24(26-23)29-13-11-28(12-14-29)17-18-7-3-1-4-8-18/h1-10,15-16H,11-14,17H2,(H,25,27). The zero-order chi connectivity index (χ0) is 21.0. The fourth-order valence-corrected chi connectivity index (χ4v) is 4.81. The highest BCUT2D eigenvalue weighted by molar-refractivity contribution is 8.18. The maximum atomic E-state index is 12.6. The van der Waals surface area contributed by atoms with Crippen LogP contribution in [0, 0.1) is 0 Å². The van der Waals surface area contributed by atoms with E-state index in [1.54, 1.807) is 6.20 Å². The molecule has 0 aliphatic carbocycles. The molecule has 5 rings (SSSR count). The average Bonchev–Trinajstić information content (AvgIpc) is 3.43. The van der Waals surface area contributed by atoms with Crippen LogP contribution in [0.2, 0.25) is 0 Å². The normalized spacial score (nSPS) is 18.6. The zero-order valence-electron chi connectivity index (χ0n) is 17.1. The molecule has 31 heavy (non-hydrogen) atoms. The molecule has 1 N–H and O–H groups in total. The van der Waals surface area contributed by atoms with E-state index in [2.05, 4.69) is 49.3 Å². The quantitative estimate of drug-likeness (QED) is 0.638. The molecule has 3 heterocycles. The van der Waals surface area contributed by atoms with Crippen LogP contribution in [0.3, 0.4) is 0 Å². The Morgan fingerprint density at radius 2 is 1.68 bits per heavy atom. The van der Waals surface area contributed by atoms with E-state index in [9.17, 15) is 4.79 Å². The number of amides is 1. The third kappa shape index (κ3) is 4.47. The summed E-state index contributed by atoms with van der Waals surface area (Å²) in [5, 5.41) is 8.02. The molecular weight excluding hydrogens is 406 g/mol. The predicted octanol–water partition coefficient (Wildman–Crippen LogP) is 3.86. The van der Waals surface area contributed by atoms with Crippen LogP contribution in [0.4, 0.5) is 0 Å². The van der Waals surface area contributed by atoms with Crippen LogP contribution in [0.25, 0.3) is 17.3 Å². The lowest BCUT2D eigenvalue weighted by Gasteiger charge is -2.35. The van der Waals surface area contributed by atoms with Crippen LogP contribution in [-0.2, 0) is 11.3 Å². The molecule has 1 aromatic heterocycles. The fourth-order valence-electron chi connectivity index (χ4n) is 3.85.